The summed E-state index contributed by atoms with van der Waals surface area (Å²) in [6, 6.07) is 8.84. The van der Waals surface area contributed by atoms with Crippen LogP contribution in [0.15, 0.2) is 29.2 Å². The summed E-state index contributed by atoms with van der Waals surface area (Å²) in [6.07, 6.45) is 0. The Kier molecular flexibility index (Phi) is 4.30. The molecule has 0 aromatic heterocycles. The van der Waals surface area contributed by atoms with E-state index in [0.29, 0.717) is 10.8 Å². The molecule has 1 unspecified atom stereocenters. The molecule has 1 aromatic rings. The normalized spacial score (nSPS) is 13.4. The first-order chi connectivity index (χ1) is 7.86. The third-order valence-electron chi connectivity index (χ3n) is 2.60. The molecule has 0 bridgehead atoms. The summed E-state index contributed by atoms with van der Waals surface area (Å²) in [5.74, 6) is -0.223. The molecule has 0 aliphatic carbocycles. The van der Waals surface area contributed by atoms with E-state index in [4.69, 9.17) is 5.26 Å². The van der Waals surface area contributed by atoms with Crippen LogP contribution in [-0.2, 0) is 9.84 Å². The zero-order valence-electron chi connectivity index (χ0n) is 10.3. The Morgan fingerprint density at radius 2 is 1.71 bits per heavy atom. The lowest BCUT2D eigenvalue weighted by atomic mass is 10.0. The topological polar surface area (TPSA) is 57.9 Å². The highest BCUT2D eigenvalue weighted by atomic mass is 32.2. The number of sulfone groups is 1. The Morgan fingerprint density at radius 3 is 2.12 bits per heavy atom. The molecule has 1 atom stereocenters. The average molecular weight is 251 g/mol. The van der Waals surface area contributed by atoms with E-state index in [1.54, 1.807) is 19.1 Å². The maximum Gasteiger partial charge on any atom is 0.179 e. The number of rotatable bonds is 4. The molecule has 0 saturated heterocycles. The first-order valence-electron chi connectivity index (χ1n) is 5.59. The predicted octanol–water partition coefficient (Wildman–Crippen LogP) is 2.74. The summed E-state index contributed by atoms with van der Waals surface area (Å²) in [5.41, 5.74) is 1.11. The Labute approximate surface area is 103 Å². The van der Waals surface area contributed by atoms with Crippen LogP contribution in [0, 0.1) is 17.2 Å². The van der Waals surface area contributed by atoms with Gasteiger partial charge in [-0.25, -0.2) is 8.42 Å². The van der Waals surface area contributed by atoms with Crippen molar-refractivity contribution in [3.05, 3.63) is 29.8 Å². The largest absolute Gasteiger partial charge is 0.224 e. The highest BCUT2D eigenvalue weighted by molar-refractivity contribution is 7.91. The molecule has 0 N–H and O–H groups in total. The highest BCUT2D eigenvalue weighted by Crippen LogP contribution is 2.19. The summed E-state index contributed by atoms with van der Waals surface area (Å²) in [5, 5.41) is 8.65. The quantitative estimate of drug-likeness (QED) is 0.826. The van der Waals surface area contributed by atoms with Crippen LogP contribution in [0.3, 0.4) is 0 Å². The van der Waals surface area contributed by atoms with E-state index in [2.05, 4.69) is 13.8 Å². The van der Waals surface area contributed by atoms with Gasteiger partial charge < -0.3 is 0 Å². The SMILES string of the molecule is CC(C#N)CS(=O)(=O)c1ccc(C(C)C)cc1. The van der Waals surface area contributed by atoms with Crippen molar-refractivity contribution in [2.24, 2.45) is 5.92 Å². The lowest BCUT2D eigenvalue weighted by Gasteiger charge is -2.08. The fourth-order valence-electron chi connectivity index (χ4n) is 1.52. The lowest BCUT2D eigenvalue weighted by Crippen LogP contribution is -2.12. The van der Waals surface area contributed by atoms with Crippen LogP contribution in [-0.4, -0.2) is 14.2 Å². The van der Waals surface area contributed by atoms with E-state index in [1.165, 1.54) is 0 Å². The van der Waals surface area contributed by atoms with Crippen molar-refractivity contribution in [1.82, 2.24) is 0 Å². The molecule has 1 rings (SSSR count). The van der Waals surface area contributed by atoms with Crippen molar-refractivity contribution in [3.63, 3.8) is 0 Å². The number of benzene rings is 1. The molecule has 0 heterocycles. The summed E-state index contributed by atoms with van der Waals surface area (Å²) in [7, 11) is -3.34. The minimum absolute atomic E-state index is 0.121. The van der Waals surface area contributed by atoms with Gasteiger partial charge in [0.15, 0.2) is 9.84 Å². The van der Waals surface area contributed by atoms with Gasteiger partial charge in [0.1, 0.15) is 0 Å². The van der Waals surface area contributed by atoms with Crippen molar-refractivity contribution in [3.8, 4) is 6.07 Å². The van der Waals surface area contributed by atoms with Crippen LogP contribution in [0.1, 0.15) is 32.3 Å². The lowest BCUT2D eigenvalue weighted by molar-refractivity contribution is 0.589. The first kappa shape index (κ1) is 13.7. The second-order valence-electron chi connectivity index (χ2n) is 4.54. The second kappa shape index (κ2) is 5.33. The van der Waals surface area contributed by atoms with Gasteiger partial charge in [-0.05, 0) is 30.5 Å². The molecule has 3 nitrogen and oxygen atoms in total. The van der Waals surface area contributed by atoms with Gasteiger partial charge in [-0.3, -0.25) is 0 Å². The summed E-state index contributed by atoms with van der Waals surface area (Å²) in [6.45, 7) is 5.72. The number of hydrogen-bond acceptors (Lipinski definition) is 3. The van der Waals surface area contributed by atoms with E-state index < -0.39 is 15.8 Å². The highest BCUT2D eigenvalue weighted by Gasteiger charge is 2.18. The van der Waals surface area contributed by atoms with E-state index in [-0.39, 0.29) is 5.75 Å². The van der Waals surface area contributed by atoms with E-state index in [1.807, 2.05) is 18.2 Å². The number of nitrogens with zero attached hydrogens (tertiary/aromatic N) is 1. The molecule has 17 heavy (non-hydrogen) atoms. The van der Waals surface area contributed by atoms with Gasteiger partial charge in [0.05, 0.1) is 22.6 Å². The molecule has 0 aliphatic heterocycles. The van der Waals surface area contributed by atoms with Crippen molar-refractivity contribution in [2.75, 3.05) is 5.75 Å². The predicted molar refractivity (Wildman–Crippen MR) is 67.4 cm³/mol. The van der Waals surface area contributed by atoms with Gasteiger partial charge in [-0.2, -0.15) is 5.26 Å². The fraction of sp³-hybridized carbons (Fsp3) is 0.462. The molecule has 0 spiro atoms. The monoisotopic (exact) mass is 251 g/mol. The van der Waals surface area contributed by atoms with Crippen molar-refractivity contribution in [1.29, 1.82) is 5.26 Å². The van der Waals surface area contributed by atoms with Gasteiger partial charge in [0.25, 0.3) is 0 Å². The Morgan fingerprint density at radius 1 is 1.18 bits per heavy atom. The summed E-state index contributed by atoms with van der Waals surface area (Å²) < 4.78 is 23.9. The molecular formula is C13H17NO2S. The van der Waals surface area contributed by atoms with Gasteiger partial charge in [0.2, 0.25) is 0 Å². The minimum atomic E-state index is -3.34. The van der Waals surface area contributed by atoms with Crippen LogP contribution in [0.2, 0.25) is 0 Å². The van der Waals surface area contributed by atoms with Gasteiger partial charge in [0, 0.05) is 0 Å². The maximum atomic E-state index is 11.9. The Balaban J connectivity index is 2.97. The molecule has 0 amide bonds. The van der Waals surface area contributed by atoms with Crippen LogP contribution >= 0.6 is 0 Å². The third-order valence-corrected chi connectivity index (χ3v) is 4.52. The zero-order chi connectivity index (χ0) is 13.1. The van der Waals surface area contributed by atoms with Crippen molar-refractivity contribution < 1.29 is 8.42 Å². The Bertz CT molecular complexity index is 509. The number of nitriles is 1. The van der Waals surface area contributed by atoms with Crippen LogP contribution in [0.5, 0.6) is 0 Å². The summed E-state index contributed by atoms with van der Waals surface area (Å²) >= 11 is 0. The van der Waals surface area contributed by atoms with Crippen molar-refractivity contribution >= 4 is 9.84 Å². The van der Waals surface area contributed by atoms with Crippen LogP contribution < -0.4 is 0 Å². The zero-order valence-corrected chi connectivity index (χ0v) is 11.2. The fourth-order valence-corrected chi connectivity index (χ4v) is 3.00. The molecular weight excluding hydrogens is 234 g/mol. The van der Waals surface area contributed by atoms with E-state index >= 15 is 0 Å². The number of hydrogen-bond donors (Lipinski definition) is 0. The molecule has 0 radical (unpaired) electrons. The van der Waals surface area contributed by atoms with E-state index in [0.717, 1.165) is 5.56 Å². The minimum Gasteiger partial charge on any atom is -0.224 e. The standard InChI is InChI=1S/C13H17NO2S/c1-10(2)12-4-6-13(7-5-12)17(15,16)9-11(3)8-14/h4-7,10-11H,9H2,1-3H3. The van der Waals surface area contributed by atoms with Crippen molar-refractivity contribution in [2.45, 2.75) is 31.6 Å². The van der Waals surface area contributed by atoms with Gasteiger partial charge >= 0.3 is 0 Å². The molecule has 0 aliphatic rings. The molecule has 0 saturated carbocycles. The maximum absolute atomic E-state index is 11.9. The molecule has 1 aromatic carbocycles. The van der Waals surface area contributed by atoms with Crippen LogP contribution in [0.4, 0.5) is 0 Å². The molecule has 92 valence electrons. The van der Waals surface area contributed by atoms with Gasteiger partial charge in [-0.15, -0.1) is 0 Å². The second-order valence-corrected chi connectivity index (χ2v) is 6.57. The van der Waals surface area contributed by atoms with Crippen LogP contribution in [0.25, 0.3) is 0 Å². The van der Waals surface area contributed by atoms with Gasteiger partial charge in [-0.1, -0.05) is 26.0 Å². The molecule has 4 heteroatoms. The summed E-state index contributed by atoms with van der Waals surface area (Å²) in [4.78, 5) is 0.295. The van der Waals surface area contributed by atoms with E-state index in [9.17, 15) is 8.42 Å². The Hall–Kier alpha value is -1.34. The third kappa shape index (κ3) is 3.57. The smallest absolute Gasteiger partial charge is 0.179 e. The average Bonchev–Trinajstić information content (AvgIpc) is 2.28. The molecule has 0 fully saturated rings. The first-order valence-corrected chi connectivity index (χ1v) is 7.24.